The number of carbonyl (C=O) groups is 2. The second kappa shape index (κ2) is 8.13. The molecular formula is C19H21N7O3. The van der Waals surface area contributed by atoms with Gasteiger partial charge in [-0.05, 0) is 25.0 Å². The van der Waals surface area contributed by atoms with E-state index in [2.05, 4.69) is 25.7 Å². The highest BCUT2D eigenvalue weighted by Gasteiger charge is 2.24. The van der Waals surface area contributed by atoms with Crippen LogP contribution in [0.4, 0.5) is 10.6 Å². The molecule has 10 nitrogen and oxygen atoms in total. The number of carbonyl (C=O) groups excluding carboxylic acids is 1. The van der Waals surface area contributed by atoms with Gasteiger partial charge < -0.3 is 20.6 Å². The third kappa shape index (κ3) is 4.26. The number of amides is 2. The highest BCUT2D eigenvalue weighted by Crippen LogP contribution is 2.23. The molecule has 3 N–H and O–H groups in total. The van der Waals surface area contributed by atoms with Crippen LogP contribution < -0.4 is 10.6 Å². The molecule has 1 aliphatic rings. The van der Waals surface area contributed by atoms with Gasteiger partial charge in [0.25, 0.3) is 0 Å². The van der Waals surface area contributed by atoms with Crippen molar-refractivity contribution in [1.29, 1.82) is 0 Å². The average Bonchev–Trinajstić information content (AvgIpc) is 3.16. The van der Waals surface area contributed by atoms with Crippen molar-refractivity contribution in [3.8, 4) is 11.3 Å². The molecule has 3 aromatic rings. The van der Waals surface area contributed by atoms with Gasteiger partial charge in [0.1, 0.15) is 12.4 Å². The van der Waals surface area contributed by atoms with Crippen LogP contribution in [0.3, 0.4) is 0 Å². The summed E-state index contributed by atoms with van der Waals surface area (Å²) < 4.78 is 1.78. The van der Waals surface area contributed by atoms with Gasteiger partial charge in [-0.2, -0.15) is 5.10 Å². The molecule has 1 aliphatic heterocycles. The van der Waals surface area contributed by atoms with Gasteiger partial charge in [-0.25, -0.2) is 14.3 Å². The van der Waals surface area contributed by atoms with Crippen LogP contribution in [0.1, 0.15) is 12.8 Å². The zero-order valence-electron chi connectivity index (χ0n) is 15.7. The Balaban J connectivity index is 1.45. The minimum absolute atomic E-state index is 0.0194. The number of anilines is 1. The molecule has 0 unspecified atom stereocenters. The van der Waals surface area contributed by atoms with Crippen LogP contribution in [0.2, 0.25) is 0 Å². The fourth-order valence-electron chi connectivity index (χ4n) is 3.49. The number of pyridine rings is 1. The summed E-state index contributed by atoms with van der Waals surface area (Å²) in [6, 6.07) is 5.85. The minimum atomic E-state index is -1.20. The lowest BCUT2D eigenvalue weighted by molar-refractivity contribution is -0.131. The normalized spacial score (nSPS) is 16.6. The molecule has 0 saturated carbocycles. The fourth-order valence-corrected chi connectivity index (χ4v) is 3.49. The largest absolute Gasteiger partial charge is 0.465 e. The Bertz CT molecular complexity index is 1040. The van der Waals surface area contributed by atoms with Gasteiger partial charge in [-0.3, -0.25) is 9.78 Å². The van der Waals surface area contributed by atoms with Crippen LogP contribution in [-0.4, -0.2) is 67.3 Å². The molecule has 0 aromatic carbocycles. The first-order chi connectivity index (χ1) is 14.1. The lowest BCUT2D eigenvalue weighted by atomic mass is 10.1. The number of piperidine rings is 1. The average molecular weight is 395 g/mol. The van der Waals surface area contributed by atoms with Gasteiger partial charge in [-0.1, -0.05) is 6.07 Å². The molecule has 0 radical (unpaired) electrons. The van der Waals surface area contributed by atoms with E-state index in [0.717, 1.165) is 23.9 Å². The Hall–Kier alpha value is -3.69. The van der Waals surface area contributed by atoms with Crippen molar-refractivity contribution in [1.82, 2.24) is 29.8 Å². The van der Waals surface area contributed by atoms with E-state index in [1.54, 1.807) is 28.0 Å². The second-order valence-corrected chi connectivity index (χ2v) is 6.86. The summed E-state index contributed by atoms with van der Waals surface area (Å²) >= 11 is 0. The number of fused-ring (bicyclic) bond motifs is 1. The second-order valence-electron chi connectivity index (χ2n) is 6.86. The number of carboxylic acid groups (broad SMARTS) is 1. The minimum Gasteiger partial charge on any atom is -0.465 e. The summed E-state index contributed by atoms with van der Waals surface area (Å²) in [6.45, 7) is 0.890. The molecule has 1 saturated heterocycles. The fraction of sp³-hybridized carbons (Fsp3) is 0.316. The first kappa shape index (κ1) is 18.7. The van der Waals surface area contributed by atoms with Gasteiger partial charge in [0.2, 0.25) is 5.91 Å². The van der Waals surface area contributed by atoms with Gasteiger partial charge in [0.15, 0.2) is 0 Å². The van der Waals surface area contributed by atoms with E-state index >= 15 is 0 Å². The monoisotopic (exact) mass is 395 g/mol. The maximum Gasteiger partial charge on any atom is 0.405 e. The number of aromatic nitrogens is 4. The summed E-state index contributed by atoms with van der Waals surface area (Å²) in [5.74, 6) is 0.394. The lowest BCUT2D eigenvalue weighted by Gasteiger charge is -2.33. The van der Waals surface area contributed by atoms with Gasteiger partial charge in [0, 0.05) is 30.9 Å². The number of hydrogen-bond acceptors (Lipinski definition) is 6. The maximum absolute atomic E-state index is 12.2. The molecule has 1 fully saturated rings. The molecule has 2 amide bonds. The molecule has 10 heteroatoms. The molecule has 0 bridgehead atoms. The topological polar surface area (TPSA) is 125 Å². The maximum atomic E-state index is 12.2. The Kier molecular flexibility index (Phi) is 5.23. The van der Waals surface area contributed by atoms with Crippen LogP contribution in [0.15, 0.2) is 43.0 Å². The van der Waals surface area contributed by atoms with E-state index in [4.69, 9.17) is 5.11 Å². The summed E-state index contributed by atoms with van der Waals surface area (Å²) in [5.41, 5.74) is 2.55. The van der Waals surface area contributed by atoms with Gasteiger partial charge in [0.05, 0.1) is 29.8 Å². The summed E-state index contributed by atoms with van der Waals surface area (Å²) in [7, 11) is 0. The first-order valence-electron chi connectivity index (χ1n) is 9.36. The number of hydrogen-bond donors (Lipinski definition) is 3. The lowest BCUT2D eigenvalue weighted by Crippen LogP contribution is -2.48. The van der Waals surface area contributed by atoms with E-state index in [9.17, 15) is 9.59 Å². The van der Waals surface area contributed by atoms with E-state index in [-0.39, 0.29) is 18.5 Å². The van der Waals surface area contributed by atoms with E-state index in [1.165, 1.54) is 0 Å². The quantitative estimate of drug-likeness (QED) is 0.597. The van der Waals surface area contributed by atoms with Crippen molar-refractivity contribution in [3.63, 3.8) is 0 Å². The summed E-state index contributed by atoms with van der Waals surface area (Å²) in [5, 5.41) is 18.5. The van der Waals surface area contributed by atoms with Crippen LogP contribution in [0.25, 0.3) is 16.8 Å². The molecule has 1 atom stereocenters. The van der Waals surface area contributed by atoms with Crippen LogP contribution in [0.5, 0.6) is 0 Å². The van der Waals surface area contributed by atoms with E-state index < -0.39 is 6.09 Å². The molecule has 4 rings (SSSR count). The smallest absolute Gasteiger partial charge is 0.405 e. The predicted octanol–water partition coefficient (Wildman–Crippen LogP) is 1.46. The standard InChI is InChI=1S/C19H21N7O3/c27-18(11-21-19(28)29)25-6-3-4-13(12-25)23-17-10-20-9-15(24-17)14-8-22-26-7-2-1-5-16(14)26/h1-2,5,7-10,13,21H,3-4,6,11-12H2,(H,23,24)(H,28,29)/t13-/m1/s1. The summed E-state index contributed by atoms with van der Waals surface area (Å²) in [4.78, 5) is 33.4. The number of nitrogens with one attached hydrogen (secondary N) is 2. The van der Waals surface area contributed by atoms with Crippen molar-refractivity contribution >= 4 is 23.3 Å². The predicted molar refractivity (Wildman–Crippen MR) is 105 cm³/mol. The Labute approximate surface area is 166 Å². The van der Waals surface area contributed by atoms with Gasteiger partial charge in [-0.15, -0.1) is 0 Å². The first-order valence-corrected chi connectivity index (χ1v) is 9.36. The number of likely N-dealkylation sites (tertiary alicyclic amines) is 1. The Morgan fingerprint density at radius 1 is 1.24 bits per heavy atom. The molecule has 0 aliphatic carbocycles. The third-order valence-corrected chi connectivity index (χ3v) is 4.85. The highest BCUT2D eigenvalue weighted by molar-refractivity contribution is 5.82. The Morgan fingerprint density at radius 3 is 3.00 bits per heavy atom. The molecule has 3 aromatic heterocycles. The number of rotatable bonds is 5. The Morgan fingerprint density at radius 2 is 2.14 bits per heavy atom. The van der Waals surface area contributed by atoms with Crippen LogP contribution in [-0.2, 0) is 4.79 Å². The van der Waals surface area contributed by atoms with Gasteiger partial charge >= 0.3 is 6.09 Å². The van der Waals surface area contributed by atoms with Crippen molar-refractivity contribution in [3.05, 3.63) is 43.0 Å². The van der Waals surface area contributed by atoms with Crippen molar-refractivity contribution in [2.45, 2.75) is 18.9 Å². The van der Waals surface area contributed by atoms with E-state index in [1.807, 2.05) is 24.4 Å². The zero-order chi connectivity index (χ0) is 20.2. The molecule has 4 heterocycles. The van der Waals surface area contributed by atoms with E-state index in [0.29, 0.717) is 24.6 Å². The van der Waals surface area contributed by atoms with Crippen molar-refractivity contribution < 1.29 is 14.7 Å². The molecule has 0 spiro atoms. The van der Waals surface area contributed by atoms with Crippen molar-refractivity contribution in [2.75, 3.05) is 25.0 Å². The zero-order valence-corrected chi connectivity index (χ0v) is 15.7. The number of nitrogens with zero attached hydrogens (tertiary/aromatic N) is 5. The SMILES string of the molecule is O=C(O)NCC(=O)N1CCC[C@@H](Nc2cncc(-c3cnn4ccccc34)n2)C1. The third-order valence-electron chi connectivity index (χ3n) is 4.85. The van der Waals surface area contributed by atoms with Crippen LogP contribution in [0, 0.1) is 0 Å². The highest BCUT2D eigenvalue weighted by atomic mass is 16.4. The van der Waals surface area contributed by atoms with Crippen molar-refractivity contribution in [2.24, 2.45) is 0 Å². The molecular weight excluding hydrogens is 374 g/mol. The molecule has 150 valence electrons. The summed E-state index contributed by atoms with van der Waals surface area (Å²) in [6.07, 6.45) is 7.51. The van der Waals surface area contributed by atoms with Crippen LogP contribution >= 0.6 is 0 Å². The molecule has 29 heavy (non-hydrogen) atoms.